The van der Waals surface area contributed by atoms with Crippen molar-refractivity contribution in [1.29, 1.82) is 0 Å². The maximum Gasteiger partial charge on any atom is 0.425 e. The van der Waals surface area contributed by atoms with E-state index in [1.165, 1.54) is 7.05 Å². The Bertz CT molecular complexity index is 412. The van der Waals surface area contributed by atoms with E-state index in [2.05, 4.69) is 10.3 Å². The number of anilines is 1. The smallest absolute Gasteiger partial charge is 0.425 e. The molecule has 92 valence electrons. The number of nitrogens with two attached hydrogens (primary N) is 1. The number of amides is 1. The molecule has 1 aromatic rings. The van der Waals surface area contributed by atoms with Crippen LogP contribution in [0.15, 0.2) is 24.3 Å². The summed E-state index contributed by atoms with van der Waals surface area (Å²) in [5, 5.41) is 11.7. The van der Waals surface area contributed by atoms with Crippen molar-refractivity contribution in [3.8, 4) is 0 Å². The number of carbonyl (C=O) groups is 1. The fraction of sp³-hybridized carbons (Fsp3) is 0.333. The Labute approximate surface area is 100 Å². The summed E-state index contributed by atoms with van der Waals surface area (Å²) >= 11 is 0. The fourth-order valence-electron chi connectivity index (χ4n) is 1.33. The molecule has 0 radical (unpaired) electrons. The van der Waals surface area contributed by atoms with E-state index in [1.807, 2.05) is 19.1 Å². The quantitative estimate of drug-likeness (QED) is 0.415. The lowest BCUT2D eigenvalue weighted by Crippen LogP contribution is -2.70. The molecule has 5 heteroatoms. The van der Waals surface area contributed by atoms with Crippen LogP contribution >= 0.6 is 0 Å². The fourth-order valence-corrected chi connectivity index (χ4v) is 1.33. The number of benzene rings is 1. The van der Waals surface area contributed by atoms with Crippen LogP contribution in [0.5, 0.6) is 0 Å². The zero-order chi connectivity index (χ0) is 12.8. The molecule has 0 heterocycles. The van der Waals surface area contributed by atoms with Crippen molar-refractivity contribution in [3.63, 3.8) is 0 Å². The van der Waals surface area contributed by atoms with E-state index in [-0.39, 0.29) is 5.92 Å². The third-order valence-electron chi connectivity index (χ3n) is 2.54. The standard InChI is InChI=1S/C12H17N3O2/c1-8(7-13)9-3-5-10(6-4-9)15-12(17)11(16)14-2/h3-6,8H,7,13H2,1-2H3,(H,14,16)(H,15,17)/p+1. The lowest BCUT2D eigenvalue weighted by Gasteiger charge is -2.09. The van der Waals surface area contributed by atoms with E-state index >= 15 is 0 Å². The van der Waals surface area contributed by atoms with Crippen LogP contribution in [0.4, 0.5) is 5.69 Å². The molecule has 0 saturated heterocycles. The summed E-state index contributed by atoms with van der Waals surface area (Å²) in [6.45, 7) is 2.62. The molecule has 0 bridgehead atoms. The van der Waals surface area contributed by atoms with Crippen molar-refractivity contribution < 1.29 is 14.9 Å². The van der Waals surface area contributed by atoms with Crippen molar-refractivity contribution in [3.05, 3.63) is 29.8 Å². The molecule has 0 spiro atoms. The van der Waals surface area contributed by atoms with Gasteiger partial charge in [-0.1, -0.05) is 19.1 Å². The van der Waals surface area contributed by atoms with Gasteiger partial charge < -0.3 is 16.2 Å². The lowest BCUT2D eigenvalue weighted by atomic mass is 10.0. The normalized spacial score (nSPS) is 13.2. The Kier molecular flexibility index (Phi) is 4.66. The van der Waals surface area contributed by atoms with Gasteiger partial charge in [-0.05, 0) is 30.2 Å². The highest BCUT2D eigenvalue weighted by Gasteiger charge is 2.14. The maximum atomic E-state index is 11.3. The van der Waals surface area contributed by atoms with Crippen LogP contribution in [0.2, 0.25) is 0 Å². The van der Waals surface area contributed by atoms with Gasteiger partial charge in [0.1, 0.15) is 7.05 Å². The molecule has 0 aliphatic carbocycles. The van der Waals surface area contributed by atoms with Gasteiger partial charge in [-0.15, -0.1) is 0 Å². The molecule has 17 heavy (non-hydrogen) atoms. The van der Waals surface area contributed by atoms with Crippen LogP contribution in [0, 0.1) is 0 Å². The third-order valence-corrected chi connectivity index (χ3v) is 2.54. The Morgan fingerprint density at radius 1 is 1.47 bits per heavy atom. The van der Waals surface area contributed by atoms with Gasteiger partial charge >= 0.3 is 11.8 Å². The second-order valence-corrected chi connectivity index (χ2v) is 3.81. The van der Waals surface area contributed by atoms with Gasteiger partial charge in [-0.3, -0.25) is 4.79 Å². The number of carbonyl (C=O) groups excluding carboxylic acids is 1. The number of hydrogen-bond donors (Lipinski definition) is 4. The number of rotatable bonds is 3. The first kappa shape index (κ1) is 13.2. The largest absolute Gasteiger partial charge is 0.456 e. The van der Waals surface area contributed by atoms with Crippen LogP contribution in [0.3, 0.4) is 0 Å². The summed E-state index contributed by atoms with van der Waals surface area (Å²) in [6, 6.07) is 7.37. The summed E-state index contributed by atoms with van der Waals surface area (Å²) in [5.74, 6) is -0.687. The Morgan fingerprint density at radius 3 is 2.53 bits per heavy atom. The predicted molar refractivity (Wildman–Crippen MR) is 67.1 cm³/mol. The van der Waals surface area contributed by atoms with Crippen LogP contribution in [-0.2, 0) is 4.79 Å². The molecule has 1 unspecified atom stereocenters. The maximum absolute atomic E-state index is 11.3. The lowest BCUT2D eigenvalue weighted by molar-refractivity contribution is -0.428. The minimum atomic E-state index is -0.563. The van der Waals surface area contributed by atoms with Gasteiger partial charge in [-0.25, -0.2) is 4.99 Å². The Morgan fingerprint density at radius 2 is 2.06 bits per heavy atom. The summed E-state index contributed by atoms with van der Waals surface area (Å²) < 4.78 is 0. The minimum absolute atomic E-state index is 0.289. The van der Waals surface area contributed by atoms with Gasteiger partial charge in [0.25, 0.3) is 0 Å². The first-order valence-corrected chi connectivity index (χ1v) is 5.43. The molecular weight excluding hydrogens is 218 g/mol. The van der Waals surface area contributed by atoms with Crippen molar-refractivity contribution in [1.82, 2.24) is 0 Å². The van der Waals surface area contributed by atoms with Crippen LogP contribution in [0.25, 0.3) is 0 Å². The summed E-state index contributed by atoms with van der Waals surface area (Å²) in [7, 11) is 1.47. The van der Waals surface area contributed by atoms with E-state index < -0.39 is 11.8 Å². The third kappa shape index (κ3) is 3.57. The van der Waals surface area contributed by atoms with Crippen LogP contribution in [-0.4, -0.2) is 30.5 Å². The molecule has 0 saturated carbocycles. The van der Waals surface area contributed by atoms with Gasteiger partial charge in [0.05, 0.1) is 0 Å². The molecule has 1 aromatic carbocycles. The summed E-state index contributed by atoms with van der Waals surface area (Å²) in [4.78, 5) is 13.7. The highest BCUT2D eigenvalue weighted by Crippen LogP contribution is 2.16. The molecule has 0 aromatic heterocycles. The average molecular weight is 236 g/mol. The van der Waals surface area contributed by atoms with Gasteiger partial charge in [0, 0.05) is 5.69 Å². The predicted octanol–water partition coefficient (Wildman–Crippen LogP) is -0.646. The summed E-state index contributed by atoms with van der Waals surface area (Å²) in [6.07, 6.45) is 0. The Balaban J connectivity index is 2.72. The zero-order valence-corrected chi connectivity index (χ0v) is 10.0. The first-order chi connectivity index (χ1) is 8.08. The minimum Gasteiger partial charge on any atom is -0.456 e. The van der Waals surface area contributed by atoms with Gasteiger partial charge in [0.2, 0.25) is 0 Å². The number of aliphatic hydroxyl groups is 1. The topological polar surface area (TPSA) is 89.3 Å². The highest BCUT2D eigenvalue weighted by atomic mass is 16.3. The Hall–Kier alpha value is -1.88. The highest BCUT2D eigenvalue weighted by molar-refractivity contribution is 6.36. The SMILES string of the molecule is C[NH+]=C(O)C(=O)Nc1ccc(C(C)CN)cc1. The molecule has 0 aliphatic heterocycles. The van der Waals surface area contributed by atoms with Gasteiger partial charge in [-0.2, -0.15) is 0 Å². The van der Waals surface area contributed by atoms with Crippen LogP contribution < -0.4 is 16.0 Å². The average Bonchev–Trinajstić information content (AvgIpc) is 2.37. The van der Waals surface area contributed by atoms with Crippen molar-refractivity contribution in [2.45, 2.75) is 12.8 Å². The molecule has 5 N–H and O–H groups in total. The molecule has 1 atom stereocenters. The molecule has 0 fully saturated rings. The van der Waals surface area contributed by atoms with Crippen LogP contribution in [0.1, 0.15) is 18.4 Å². The van der Waals surface area contributed by atoms with E-state index in [0.717, 1.165) is 5.56 Å². The van der Waals surface area contributed by atoms with E-state index in [0.29, 0.717) is 12.2 Å². The number of hydrogen-bond acceptors (Lipinski definition) is 2. The molecule has 5 nitrogen and oxygen atoms in total. The number of nitrogens with one attached hydrogen (secondary N) is 2. The first-order valence-electron chi connectivity index (χ1n) is 5.43. The molecule has 1 rings (SSSR count). The summed E-state index contributed by atoms with van der Waals surface area (Å²) in [5.41, 5.74) is 7.31. The van der Waals surface area contributed by atoms with Crippen molar-refractivity contribution in [2.24, 2.45) is 5.73 Å². The molecule has 1 amide bonds. The van der Waals surface area contributed by atoms with E-state index in [1.54, 1.807) is 12.1 Å². The van der Waals surface area contributed by atoms with Crippen molar-refractivity contribution in [2.75, 3.05) is 18.9 Å². The molecule has 0 aliphatic rings. The second-order valence-electron chi connectivity index (χ2n) is 3.81. The number of aliphatic hydroxyl groups excluding tert-OH is 1. The van der Waals surface area contributed by atoms with E-state index in [4.69, 9.17) is 10.8 Å². The monoisotopic (exact) mass is 236 g/mol. The molecular formula is C12H18N3O2+. The van der Waals surface area contributed by atoms with Crippen molar-refractivity contribution >= 4 is 17.5 Å². The van der Waals surface area contributed by atoms with Gasteiger partial charge in [0.15, 0.2) is 0 Å². The van der Waals surface area contributed by atoms with E-state index in [9.17, 15) is 4.79 Å². The zero-order valence-electron chi connectivity index (χ0n) is 10.0. The second kappa shape index (κ2) is 6.00.